The standard InChI is InChI=1S/C17H32N2O/c1-6-19(16(20)9-12(2)17(3,4)5)15-10-13-7-8-14(11-15)18-13/h12-15,18H,6-11H2,1-5H3. The van der Waals surface area contributed by atoms with Crippen molar-refractivity contribution in [3.8, 4) is 0 Å². The van der Waals surface area contributed by atoms with E-state index in [2.05, 4.69) is 44.8 Å². The fourth-order valence-corrected chi connectivity index (χ4v) is 3.61. The van der Waals surface area contributed by atoms with Crippen LogP contribution in [0.25, 0.3) is 0 Å². The molecule has 116 valence electrons. The van der Waals surface area contributed by atoms with Crippen molar-refractivity contribution >= 4 is 5.91 Å². The lowest BCUT2D eigenvalue weighted by atomic mass is 9.80. The van der Waals surface area contributed by atoms with Gasteiger partial charge in [-0.05, 0) is 43.9 Å². The van der Waals surface area contributed by atoms with Gasteiger partial charge < -0.3 is 10.2 Å². The lowest BCUT2D eigenvalue weighted by molar-refractivity contribution is -0.135. The van der Waals surface area contributed by atoms with Gasteiger partial charge in [-0.3, -0.25) is 4.79 Å². The Bertz CT molecular complexity index is 335. The second-order valence-electron chi connectivity index (χ2n) is 7.91. The van der Waals surface area contributed by atoms with E-state index in [0.29, 0.717) is 36.4 Å². The molecule has 0 spiro atoms. The van der Waals surface area contributed by atoms with Gasteiger partial charge in [0, 0.05) is 31.1 Å². The SMILES string of the molecule is CCN(C(=O)CC(C)C(C)(C)C)C1CC2CCC(C1)N2. The molecule has 0 aliphatic carbocycles. The van der Waals surface area contributed by atoms with Crippen LogP contribution in [0.3, 0.4) is 0 Å². The number of fused-ring (bicyclic) bond motifs is 2. The summed E-state index contributed by atoms with van der Waals surface area (Å²) in [5.74, 6) is 0.795. The summed E-state index contributed by atoms with van der Waals surface area (Å²) >= 11 is 0. The molecule has 3 unspecified atom stereocenters. The van der Waals surface area contributed by atoms with Gasteiger partial charge in [-0.15, -0.1) is 0 Å². The maximum Gasteiger partial charge on any atom is 0.223 e. The fraction of sp³-hybridized carbons (Fsp3) is 0.941. The minimum Gasteiger partial charge on any atom is -0.340 e. The molecule has 2 aliphatic rings. The molecule has 3 heteroatoms. The van der Waals surface area contributed by atoms with E-state index in [9.17, 15) is 4.79 Å². The highest BCUT2D eigenvalue weighted by Crippen LogP contribution is 2.32. The summed E-state index contributed by atoms with van der Waals surface area (Å²) in [4.78, 5) is 14.8. The number of amides is 1. The summed E-state index contributed by atoms with van der Waals surface area (Å²) in [6, 6.07) is 1.78. The number of carbonyl (C=O) groups excluding carboxylic acids is 1. The monoisotopic (exact) mass is 280 g/mol. The Labute approximate surface area is 124 Å². The lowest BCUT2D eigenvalue weighted by Gasteiger charge is -2.38. The van der Waals surface area contributed by atoms with Gasteiger partial charge in [0.25, 0.3) is 0 Å². The van der Waals surface area contributed by atoms with Crippen LogP contribution in [0.4, 0.5) is 0 Å². The van der Waals surface area contributed by atoms with E-state index in [4.69, 9.17) is 0 Å². The Morgan fingerprint density at radius 1 is 1.25 bits per heavy atom. The predicted molar refractivity (Wildman–Crippen MR) is 83.6 cm³/mol. The summed E-state index contributed by atoms with van der Waals surface area (Å²) in [6.45, 7) is 11.9. The molecular weight excluding hydrogens is 248 g/mol. The molecule has 2 aliphatic heterocycles. The van der Waals surface area contributed by atoms with Gasteiger partial charge in [-0.25, -0.2) is 0 Å². The van der Waals surface area contributed by atoms with Gasteiger partial charge in [-0.2, -0.15) is 0 Å². The molecule has 2 saturated heterocycles. The Hall–Kier alpha value is -0.570. The molecule has 0 saturated carbocycles. The largest absolute Gasteiger partial charge is 0.340 e. The van der Waals surface area contributed by atoms with Crippen molar-refractivity contribution in [1.29, 1.82) is 0 Å². The Kier molecular flexibility index (Phi) is 4.78. The van der Waals surface area contributed by atoms with Crippen molar-refractivity contribution < 1.29 is 4.79 Å². The number of nitrogens with zero attached hydrogens (tertiary/aromatic N) is 1. The van der Waals surface area contributed by atoms with Crippen LogP contribution >= 0.6 is 0 Å². The number of rotatable bonds is 4. The lowest BCUT2D eigenvalue weighted by Crippen LogP contribution is -2.50. The molecule has 0 aromatic rings. The average Bonchev–Trinajstić information content (AvgIpc) is 2.68. The van der Waals surface area contributed by atoms with Crippen LogP contribution in [-0.4, -0.2) is 35.5 Å². The quantitative estimate of drug-likeness (QED) is 0.858. The van der Waals surface area contributed by atoms with Gasteiger partial charge in [0.15, 0.2) is 0 Å². The predicted octanol–water partition coefficient (Wildman–Crippen LogP) is 3.19. The van der Waals surface area contributed by atoms with Crippen LogP contribution in [0.5, 0.6) is 0 Å². The van der Waals surface area contributed by atoms with Crippen LogP contribution in [0.1, 0.15) is 66.7 Å². The van der Waals surface area contributed by atoms with Crippen LogP contribution < -0.4 is 5.32 Å². The molecule has 2 fully saturated rings. The average molecular weight is 280 g/mol. The molecule has 0 aromatic carbocycles. The van der Waals surface area contributed by atoms with Crippen molar-refractivity contribution in [2.45, 2.75) is 84.8 Å². The molecule has 2 bridgehead atoms. The van der Waals surface area contributed by atoms with Crippen molar-refractivity contribution in [2.75, 3.05) is 6.54 Å². The maximum absolute atomic E-state index is 12.7. The molecule has 3 atom stereocenters. The first-order valence-corrected chi connectivity index (χ1v) is 8.36. The van der Waals surface area contributed by atoms with Gasteiger partial charge in [-0.1, -0.05) is 27.7 Å². The van der Waals surface area contributed by atoms with E-state index in [1.165, 1.54) is 12.8 Å². The summed E-state index contributed by atoms with van der Waals surface area (Å²) in [6.07, 6.45) is 5.59. The van der Waals surface area contributed by atoms with Crippen molar-refractivity contribution in [3.63, 3.8) is 0 Å². The first kappa shape index (κ1) is 15.8. The van der Waals surface area contributed by atoms with Gasteiger partial charge >= 0.3 is 0 Å². The molecule has 1 N–H and O–H groups in total. The van der Waals surface area contributed by atoms with Gasteiger partial charge in [0.2, 0.25) is 5.91 Å². The van der Waals surface area contributed by atoms with Crippen LogP contribution in [-0.2, 0) is 4.79 Å². The third kappa shape index (κ3) is 3.55. The van der Waals surface area contributed by atoms with Crippen molar-refractivity contribution in [1.82, 2.24) is 10.2 Å². The van der Waals surface area contributed by atoms with E-state index in [-0.39, 0.29) is 5.41 Å². The summed E-state index contributed by atoms with van der Waals surface area (Å²) in [5, 5.41) is 3.67. The highest BCUT2D eigenvalue weighted by molar-refractivity contribution is 5.76. The number of hydrogen-bond acceptors (Lipinski definition) is 2. The van der Waals surface area contributed by atoms with Crippen molar-refractivity contribution in [2.24, 2.45) is 11.3 Å². The van der Waals surface area contributed by atoms with E-state index < -0.39 is 0 Å². The van der Waals surface area contributed by atoms with E-state index >= 15 is 0 Å². The molecule has 2 rings (SSSR count). The van der Waals surface area contributed by atoms with Gasteiger partial charge in [0.1, 0.15) is 0 Å². The highest BCUT2D eigenvalue weighted by Gasteiger charge is 2.37. The third-order valence-corrected chi connectivity index (χ3v) is 5.51. The van der Waals surface area contributed by atoms with Crippen LogP contribution in [0.2, 0.25) is 0 Å². The second-order valence-corrected chi connectivity index (χ2v) is 7.91. The van der Waals surface area contributed by atoms with Gasteiger partial charge in [0.05, 0.1) is 0 Å². The smallest absolute Gasteiger partial charge is 0.223 e. The normalized spacial score (nSPS) is 31.1. The number of hydrogen-bond donors (Lipinski definition) is 1. The zero-order valence-electron chi connectivity index (χ0n) is 13.9. The Morgan fingerprint density at radius 3 is 2.25 bits per heavy atom. The molecule has 1 amide bonds. The van der Waals surface area contributed by atoms with E-state index in [0.717, 1.165) is 19.4 Å². The highest BCUT2D eigenvalue weighted by atomic mass is 16.2. The Balaban J connectivity index is 1.95. The molecule has 2 heterocycles. The van der Waals surface area contributed by atoms with E-state index in [1.54, 1.807) is 0 Å². The fourth-order valence-electron chi connectivity index (χ4n) is 3.61. The molecular formula is C17H32N2O. The zero-order valence-corrected chi connectivity index (χ0v) is 13.9. The third-order valence-electron chi connectivity index (χ3n) is 5.51. The maximum atomic E-state index is 12.7. The molecule has 3 nitrogen and oxygen atoms in total. The Morgan fingerprint density at radius 2 is 1.80 bits per heavy atom. The zero-order chi connectivity index (χ0) is 14.9. The number of carbonyl (C=O) groups is 1. The first-order chi connectivity index (χ1) is 9.31. The minimum atomic E-state index is 0.211. The van der Waals surface area contributed by atoms with Crippen LogP contribution in [0, 0.1) is 11.3 Å². The molecule has 0 radical (unpaired) electrons. The topological polar surface area (TPSA) is 32.3 Å². The van der Waals surface area contributed by atoms with Crippen LogP contribution in [0.15, 0.2) is 0 Å². The second kappa shape index (κ2) is 6.05. The summed E-state index contributed by atoms with van der Waals surface area (Å²) < 4.78 is 0. The number of nitrogens with one attached hydrogen (secondary N) is 1. The van der Waals surface area contributed by atoms with Crippen molar-refractivity contribution in [3.05, 3.63) is 0 Å². The van der Waals surface area contributed by atoms with E-state index in [1.807, 2.05) is 0 Å². The minimum absolute atomic E-state index is 0.211. The molecule has 20 heavy (non-hydrogen) atoms. The summed E-state index contributed by atoms with van der Waals surface area (Å²) in [5.41, 5.74) is 0.211. The summed E-state index contributed by atoms with van der Waals surface area (Å²) in [7, 11) is 0. The molecule has 0 aromatic heterocycles. The first-order valence-electron chi connectivity index (χ1n) is 8.36. The number of piperidine rings is 1.